The van der Waals surface area contributed by atoms with E-state index in [2.05, 4.69) is 19.5 Å². The summed E-state index contributed by atoms with van der Waals surface area (Å²) in [6.07, 6.45) is 0. The summed E-state index contributed by atoms with van der Waals surface area (Å²) in [7, 11) is -7.56. The van der Waals surface area contributed by atoms with Gasteiger partial charge < -0.3 is 5.73 Å². The Balaban J connectivity index is 0. The Kier molecular flexibility index (Phi) is 9.89. The molecule has 0 saturated carbocycles. The van der Waals surface area contributed by atoms with Crippen LogP contribution in [-0.4, -0.2) is 46.0 Å². The van der Waals surface area contributed by atoms with Crippen molar-refractivity contribution in [1.29, 1.82) is 0 Å². The summed E-state index contributed by atoms with van der Waals surface area (Å²) in [5.74, 6) is -0.811. The fraction of sp³-hybridized carbons (Fsp3) is 1.00. The van der Waals surface area contributed by atoms with E-state index in [1.54, 1.807) is 0 Å². The van der Waals surface area contributed by atoms with Gasteiger partial charge in [-0.3, -0.25) is 4.55 Å². The molecular weight excluding hydrogens is 290 g/mol. The van der Waals surface area contributed by atoms with E-state index in [0.717, 1.165) is 0 Å². The van der Waals surface area contributed by atoms with E-state index in [0.29, 0.717) is 0 Å². The number of hydrogen-bond donors (Lipinski definition) is 2. The standard InChI is InChI=1S/C2H4N6O2S.C2H7NO3S/c3-6-5-1-2-11(9,10)8-7-4;3-1-2-7(4,5)6/h1-2H2;1-3H2,(H,4,5,6). The first-order chi connectivity index (χ1) is 8.18. The quantitative estimate of drug-likeness (QED) is 0.292. The molecule has 0 radical (unpaired) electrons. The van der Waals surface area contributed by atoms with Crippen LogP contribution in [0.3, 0.4) is 0 Å². The van der Waals surface area contributed by atoms with Gasteiger partial charge in [-0.1, -0.05) is 5.11 Å². The predicted molar refractivity (Wildman–Crippen MR) is 62.4 cm³/mol. The van der Waals surface area contributed by atoms with E-state index in [-0.39, 0.29) is 18.8 Å². The molecule has 0 saturated heterocycles. The zero-order chi connectivity index (χ0) is 14.7. The van der Waals surface area contributed by atoms with Crippen LogP contribution in [0, 0.1) is 0 Å². The fourth-order valence-corrected chi connectivity index (χ4v) is 1.25. The molecule has 104 valence electrons. The number of hydrogen-bond acceptors (Lipinski definition) is 6. The van der Waals surface area contributed by atoms with Gasteiger partial charge >= 0.3 is 0 Å². The Labute approximate surface area is 103 Å². The Morgan fingerprint density at radius 1 is 1.11 bits per heavy atom. The third-order valence-electron chi connectivity index (χ3n) is 1.05. The van der Waals surface area contributed by atoms with Gasteiger partial charge in [0.25, 0.3) is 10.1 Å². The molecular formula is C4H11N7O5S2. The van der Waals surface area contributed by atoms with Crippen LogP contribution < -0.4 is 5.73 Å². The zero-order valence-electron chi connectivity index (χ0n) is 8.99. The van der Waals surface area contributed by atoms with Gasteiger partial charge in [0.1, 0.15) is 0 Å². The van der Waals surface area contributed by atoms with Crippen molar-refractivity contribution in [2.75, 3.05) is 24.6 Å². The molecule has 0 amide bonds. The molecule has 0 aliphatic rings. The van der Waals surface area contributed by atoms with E-state index in [9.17, 15) is 16.8 Å². The largest absolute Gasteiger partial charge is 0.329 e. The van der Waals surface area contributed by atoms with Crippen molar-refractivity contribution in [3.63, 3.8) is 0 Å². The molecule has 0 aromatic heterocycles. The lowest BCUT2D eigenvalue weighted by atomic mass is 10.8. The lowest BCUT2D eigenvalue weighted by molar-refractivity contribution is 0.483. The van der Waals surface area contributed by atoms with Crippen molar-refractivity contribution in [3.05, 3.63) is 20.9 Å². The van der Waals surface area contributed by atoms with Gasteiger partial charge in [-0.15, -0.1) is 0 Å². The summed E-state index contributed by atoms with van der Waals surface area (Å²) in [5, 5.41) is 2.96. The van der Waals surface area contributed by atoms with Gasteiger partial charge in [0.15, 0.2) is 0 Å². The van der Waals surface area contributed by atoms with Crippen LogP contribution in [-0.2, 0) is 20.1 Å². The molecule has 0 aromatic rings. The molecule has 0 heterocycles. The van der Waals surface area contributed by atoms with Gasteiger partial charge in [-0.2, -0.15) is 8.42 Å². The minimum Gasteiger partial charge on any atom is -0.329 e. The summed E-state index contributed by atoms with van der Waals surface area (Å²) in [6.45, 7) is -0.253. The third-order valence-corrected chi connectivity index (χ3v) is 2.82. The molecule has 0 bridgehead atoms. The van der Waals surface area contributed by atoms with Crippen LogP contribution in [0.1, 0.15) is 0 Å². The number of sulfonamides is 1. The third kappa shape index (κ3) is 16.9. The van der Waals surface area contributed by atoms with Crippen molar-refractivity contribution in [2.24, 2.45) is 15.4 Å². The van der Waals surface area contributed by atoms with Gasteiger partial charge in [-0.05, 0) is 11.1 Å². The minimum atomic E-state index is -3.80. The first-order valence-electron chi connectivity index (χ1n) is 4.13. The molecule has 0 aliphatic carbocycles. The second-order valence-corrected chi connectivity index (χ2v) is 5.79. The summed E-state index contributed by atoms with van der Waals surface area (Å²) >= 11 is 0. The summed E-state index contributed by atoms with van der Waals surface area (Å²) < 4.78 is 50.8. The monoisotopic (exact) mass is 301 g/mol. The Morgan fingerprint density at radius 3 is 1.94 bits per heavy atom. The van der Waals surface area contributed by atoms with E-state index in [4.69, 9.17) is 21.3 Å². The molecule has 14 heteroatoms. The summed E-state index contributed by atoms with van der Waals surface area (Å²) in [4.78, 5) is 4.41. The van der Waals surface area contributed by atoms with Crippen LogP contribution in [0.15, 0.2) is 9.63 Å². The molecule has 18 heavy (non-hydrogen) atoms. The zero-order valence-corrected chi connectivity index (χ0v) is 10.6. The molecule has 0 spiro atoms. The molecule has 3 N–H and O–H groups in total. The van der Waals surface area contributed by atoms with Crippen molar-refractivity contribution in [2.45, 2.75) is 0 Å². The second kappa shape index (κ2) is 9.47. The minimum absolute atomic E-state index is 0.0289. The van der Waals surface area contributed by atoms with Crippen LogP contribution in [0.5, 0.6) is 0 Å². The molecule has 0 fully saturated rings. The average Bonchev–Trinajstić information content (AvgIpc) is 2.16. The van der Waals surface area contributed by atoms with Crippen molar-refractivity contribution < 1.29 is 21.4 Å². The van der Waals surface area contributed by atoms with Crippen molar-refractivity contribution >= 4 is 20.1 Å². The van der Waals surface area contributed by atoms with Crippen LogP contribution in [0.4, 0.5) is 0 Å². The van der Waals surface area contributed by atoms with Crippen LogP contribution >= 0.6 is 0 Å². The highest BCUT2D eigenvalue weighted by molar-refractivity contribution is 7.90. The van der Waals surface area contributed by atoms with Crippen LogP contribution in [0.2, 0.25) is 0 Å². The fourth-order valence-electron chi connectivity index (χ4n) is 0.446. The highest BCUT2D eigenvalue weighted by Gasteiger charge is 2.04. The first-order valence-corrected chi connectivity index (χ1v) is 7.35. The van der Waals surface area contributed by atoms with Crippen molar-refractivity contribution in [1.82, 2.24) is 0 Å². The Hall–Kier alpha value is -1.56. The second-order valence-electron chi connectivity index (χ2n) is 2.49. The predicted octanol–water partition coefficient (Wildman–Crippen LogP) is -0.230. The first kappa shape index (κ1) is 18.8. The van der Waals surface area contributed by atoms with E-state index < -0.39 is 25.9 Å². The van der Waals surface area contributed by atoms with Gasteiger partial charge in [-0.25, -0.2) is 8.42 Å². The van der Waals surface area contributed by atoms with Crippen molar-refractivity contribution in [3.8, 4) is 0 Å². The molecule has 0 rings (SSSR count). The number of rotatable bonds is 6. The molecule has 12 nitrogen and oxygen atoms in total. The highest BCUT2D eigenvalue weighted by Crippen LogP contribution is 1.91. The highest BCUT2D eigenvalue weighted by atomic mass is 32.2. The summed E-state index contributed by atoms with van der Waals surface area (Å²) in [5.41, 5.74) is 20.3. The number of nitrogens with zero attached hydrogens (tertiary/aromatic N) is 6. The SMILES string of the molecule is NCCS(=O)(=O)O.[N-]=[N+]=NCCS(=O)(=O)N=[N+]=[N-]. The summed E-state index contributed by atoms with van der Waals surface area (Å²) in [6, 6.07) is 0. The van der Waals surface area contributed by atoms with E-state index >= 15 is 0 Å². The number of nitrogens with two attached hydrogens (primary N) is 1. The van der Waals surface area contributed by atoms with Gasteiger partial charge in [0.05, 0.1) is 11.5 Å². The van der Waals surface area contributed by atoms with Gasteiger partial charge in [0, 0.05) is 27.4 Å². The molecule has 0 atom stereocenters. The normalized spacial score (nSPS) is 10.3. The lowest BCUT2D eigenvalue weighted by Crippen LogP contribution is -2.13. The molecule has 0 aliphatic heterocycles. The van der Waals surface area contributed by atoms with Gasteiger partial charge in [0.2, 0.25) is 10.0 Å². The topological polar surface area (TPSA) is 212 Å². The maximum absolute atomic E-state index is 10.5. The Bertz CT molecular complexity index is 526. The van der Waals surface area contributed by atoms with E-state index in [1.165, 1.54) is 0 Å². The van der Waals surface area contributed by atoms with Crippen LogP contribution in [0.25, 0.3) is 20.9 Å². The number of azide groups is 2. The molecule has 0 aromatic carbocycles. The molecule has 0 unspecified atom stereocenters. The maximum atomic E-state index is 10.5. The smallest absolute Gasteiger partial charge is 0.266 e. The average molecular weight is 301 g/mol. The Morgan fingerprint density at radius 2 is 1.67 bits per heavy atom. The lowest BCUT2D eigenvalue weighted by Gasteiger charge is -1.88. The maximum Gasteiger partial charge on any atom is 0.266 e. The van der Waals surface area contributed by atoms with E-state index in [1.807, 2.05) is 0 Å².